The first-order chi connectivity index (χ1) is 7.00. The molecule has 6 nitrogen and oxygen atoms in total. The van der Waals surface area contributed by atoms with E-state index in [1.165, 1.54) is 12.1 Å². The maximum Gasteiger partial charge on any atom is 0.322 e. The summed E-state index contributed by atoms with van der Waals surface area (Å²) in [7, 11) is 0. The average molecular weight is 322 g/mol. The van der Waals surface area contributed by atoms with Gasteiger partial charge in [-0.25, -0.2) is 0 Å². The first-order valence-corrected chi connectivity index (χ1v) is 4.98. The molecule has 0 atom stereocenters. The Labute approximate surface area is 98.6 Å². The highest BCUT2D eigenvalue weighted by Gasteiger charge is 2.14. The van der Waals surface area contributed by atoms with E-state index in [1.54, 1.807) is 6.07 Å². The van der Waals surface area contributed by atoms with Crippen molar-refractivity contribution in [1.82, 2.24) is 0 Å². The number of nitro benzene ring substituents is 1. The lowest BCUT2D eigenvalue weighted by Gasteiger charge is -2.04. The fraction of sp³-hybridized carbons (Fsp3) is 0.125. The number of carboxylic acids is 1. The average Bonchev–Trinajstić information content (AvgIpc) is 2.15. The molecule has 0 amide bonds. The largest absolute Gasteiger partial charge is 0.480 e. The summed E-state index contributed by atoms with van der Waals surface area (Å²) >= 11 is 1.95. The van der Waals surface area contributed by atoms with Gasteiger partial charge in [0.1, 0.15) is 12.2 Å². The highest BCUT2D eigenvalue weighted by molar-refractivity contribution is 14.1. The van der Waals surface area contributed by atoms with Crippen LogP contribution in [-0.2, 0) is 4.79 Å². The topological polar surface area (TPSA) is 92.5 Å². The number of anilines is 1. The second-order valence-corrected chi connectivity index (χ2v) is 3.91. The fourth-order valence-corrected chi connectivity index (χ4v) is 1.45. The van der Waals surface area contributed by atoms with Gasteiger partial charge >= 0.3 is 5.97 Å². The van der Waals surface area contributed by atoms with Crippen molar-refractivity contribution in [3.05, 3.63) is 31.9 Å². The molecule has 1 aromatic carbocycles. The Hall–Kier alpha value is -1.38. The van der Waals surface area contributed by atoms with E-state index < -0.39 is 10.9 Å². The molecule has 15 heavy (non-hydrogen) atoms. The SMILES string of the molecule is O=C(O)CNc1ccc(I)cc1[N+](=O)[O-]. The number of aliphatic carboxylic acids is 1. The minimum atomic E-state index is -1.07. The smallest absolute Gasteiger partial charge is 0.322 e. The van der Waals surface area contributed by atoms with Crippen LogP contribution in [0.5, 0.6) is 0 Å². The number of hydrogen-bond donors (Lipinski definition) is 2. The molecule has 7 heteroatoms. The Morgan fingerprint density at radius 2 is 2.27 bits per heavy atom. The van der Waals surface area contributed by atoms with Crippen LogP contribution < -0.4 is 5.32 Å². The van der Waals surface area contributed by atoms with Crippen LogP contribution in [0.3, 0.4) is 0 Å². The predicted octanol–water partition coefficient (Wildman–Crippen LogP) is 1.70. The molecule has 0 fully saturated rings. The second kappa shape index (κ2) is 4.91. The number of nitrogens with one attached hydrogen (secondary N) is 1. The normalized spacial score (nSPS) is 9.67. The van der Waals surface area contributed by atoms with Gasteiger partial charge in [0, 0.05) is 9.64 Å². The van der Waals surface area contributed by atoms with E-state index in [0.717, 1.165) is 3.57 Å². The predicted molar refractivity (Wildman–Crippen MR) is 61.9 cm³/mol. The molecule has 0 saturated carbocycles. The Kier molecular flexibility index (Phi) is 3.83. The monoisotopic (exact) mass is 322 g/mol. The van der Waals surface area contributed by atoms with Crippen LogP contribution in [-0.4, -0.2) is 22.5 Å². The van der Waals surface area contributed by atoms with Crippen molar-refractivity contribution in [3.8, 4) is 0 Å². The highest BCUT2D eigenvalue weighted by Crippen LogP contribution is 2.25. The number of hydrogen-bond acceptors (Lipinski definition) is 4. The third kappa shape index (κ3) is 3.35. The summed E-state index contributed by atoms with van der Waals surface area (Å²) in [5.74, 6) is -1.07. The fourth-order valence-electron chi connectivity index (χ4n) is 0.976. The Morgan fingerprint density at radius 1 is 1.60 bits per heavy atom. The van der Waals surface area contributed by atoms with E-state index in [1.807, 2.05) is 22.6 Å². The zero-order chi connectivity index (χ0) is 11.4. The lowest BCUT2D eigenvalue weighted by molar-refractivity contribution is -0.384. The molecule has 0 spiro atoms. The molecule has 0 heterocycles. The molecular formula is C8H7IN2O4. The highest BCUT2D eigenvalue weighted by atomic mass is 127. The van der Waals surface area contributed by atoms with Crippen LogP contribution in [0.15, 0.2) is 18.2 Å². The van der Waals surface area contributed by atoms with Crippen LogP contribution in [0.25, 0.3) is 0 Å². The van der Waals surface area contributed by atoms with E-state index >= 15 is 0 Å². The van der Waals surface area contributed by atoms with Crippen LogP contribution in [0.2, 0.25) is 0 Å². The van der Waals surface area contributed by atoms with Gasteiger partial charge in [-0.15, -0.1) is 0 Å². The van der Waals surface area contributed by atoms with Crippen LogP contribution in [0, 0.1) is 13.7 Å². The summed E-state index contributed by atoms with van der Waals surface area (Å²) in [4.78, 5) is 20.4. The van der Waals surface area contributed by atoms with Crippen molar-refractivity contribution in [3.63, 3.8) is 0 Å². The van der Waals surface area contributed by atoms with Crippen molar-refractivity contribution in [2.24, 2.45) is 0 Å². The van der Waals surface area contributed by atoms with Gasteiger partial charge in [-0.05, 0) is 34.7 Å². The number of nitrogens with zero attached hydrogens (tertiary/aromatic N) is 1. The summed E-state index contributed by atoms with van der Waals surface area (Å²) in [6.45, 7) is -0.346. The van der Waals surface area contributed by atoms with Gasteiger partial charge in [-0.3, -0.25) is 14.9 Å². The number of carbonyl (C=O) groups is 1. The number of carboxylic acid groups (broad SMARTS) is 1. The number of halogens is 1. The molecule has 0 saturated heterocycles. The van der Waals surface area contributed by atoms with Crippen molar-refractivity contribution in [2.75, 3.05) is 11.9 Å². The summed E-state index contributed by atoms with van der Waals surface area (Å²) in [5.41, 5.74) is 0.0889. The van der Waals surface area contributed by atoms with Gasteiger partial charge in [0.25, 0.3) is 5.69 Å². The van der Waals surface area contributed by atoms with Gasteiger partial charge in [-0.2, -0.15) is 0 Å². The van der Waals surface area contributed by atoms with Gasteiger partial charge in [0.15, 0.2) is 0 Å². The zero-order valence-corrected chi connectivity index (χ0v) is 9.59. The van der Waals surface area contributed by atoms with Crippen molar-refractivity contribution >= 4 is 39.9 Å². The first kappa shape index (κ1) is 11.7. The number of benzene rings is 1. The molecule has 0 aliphatic rings. The summed E-state index contributed by atoms with van der Waals surface area (Å²) < 4.78 is 0.722. The van der Waals surface area contributed by atoms with Crippen LogP contribution >= 0.6 is 22.6 Å². The zero-order valence-electron chi connectivity index (χ0n) is 7.44. The maximum atomic E-state index is 10.6. The molecule has 1 aromatic rings. The minimum absolute atomic E-state index is 0.122. The van der Waals surface area contributed by atoms with E-state index in [4.69, 9.17) is 5.11 Å². The van der Waals surface area contributed by atoms with Gasteiger partial charge in [0.05, 0.1) is 4.92 Å². The van der Waals surface area contributed by atoms with Crippen LogP contribution in [0.1, 0.15) is 0 Å². The van der Waals surface area contributed by atoms with E-state index in [2.05, 4.69) is 5.32 Å². The minimum Gasteiger partial charge on any atom is -0.480 e. The lowest BCUT2D eigenvalue weighted by Crippen LogP contribution is -2.13. The Bertz CT molecular complexity index is 408. The first-order valence-electron chi connectivity index (χ1n) is 3.90. The van der Waals surface area contributed by atoms with Crippen molar-refractivity contribution in [1.29, 1.82) is 0 Å². The number of nitro groups is 1. The van der Waals surface area contributed by atoms with Crippen molar-refractivity contribution < 1.29 is 14.8 Å². The lowest BCUT2D eigenvalue weighted by atomic mass is 10.2. The van der Waals surface area contributed by atoms with Crippen molar-refractivity contribution in [2.45, 2.75) is 0 Å². The Morgan fingerprint density at radius 3 is 2.80 bits per heavy atom. The third-order valence-corrected chi connectivity index (χ3v) is 2.26. The van der Waals surface area contributed by atoms with E-state index in [0.29, 0.717) is 0 Å². The second-order valence-electron chi connectivity index (χ2n) is 2.67. The standard InChI is InChI=1S/C8H7IN2O4/c9-5-1-2-6(10-4-8(12)13)7(3-5)11(14)15/h1-3,10H,4H2,(H,12,13). The summed E-state index contributed by atoms with van der Waals surface area (Å²) in [6.07, 6.45) is 0. The molecule has 0 aliphatic heterocycles. The molecule has 0 radical (unpaired) electrons. The molecule has 0 aliphatic carbocycles. The van der Waals surface area contributed by atoms with E-state index in [9.17, 15) is 14.9 Å². The van der Waals surface area contributed by atoms with Gasteiger partial charge in [0.2, 0.25) is 0 Å². The summed E-state index contributed by atoms with van der Waals surface area (Å²) in [6, 6.07) is 4.53. The number of rotatable bonds is 4. The maximum absolute atomic E-state index is 10.6. The van der Waals surface area contributed by atoms with Crippen LogP contribution in [0.4, 0.5) is 11.4 Å². The van der Waals surface area contributed by atoms with Gasteiger partial charge < -0.3 is 10.4 Å². The molecular weight excluding hydrogens is 315 g/mol. The molecule has 2 N–H and O–H groups in total. The Balaban J connectivity index is 2.95. The van der Waals surface area contributed by atoms with E-state index in [-0.39, 0.29) is 17.9 Å². The summed E-state index contributed by atoms with van der Waals surface area (Å²) in [5, 5.41) is 21.5. The molecule has 0 aromatic heterocycles. The third-order valence-electron chi connectivity index (χ3n) is 1.59. The molecule has 0 unspecified atom stereocenters. The quantitative estimate of drug-likeness (QED) is 0.500. The molecule has 1 rings (SSSR count). The molecule has 80 valence electrons. The van der Waals surface area contributed by atoms with Gasteiger partial charge in [-0.1, -0.05) is 0 Å². The molecule has 0 bridgehead atoms.